The summed E-state index contributed by atoms with van der Waals surface area (Å²) in [5, 5.41) is 3.50. The molecule has 0 aromatic heterocycles. The Hall–Kier alpha value is -2.38. The number of anilines is 1. The Morgan fingerprint density at radius 2 is 1.90 bits per heavy atom. The van der Waals surface area contributed by atoms with E-state index in [1.165, 1.54) is 12.1 Å². The maximum absolute atomic E-state index is 12.9. The highest BCUT2D eigenvalue weighted by molar-refractivity contribution is 7.90. The predicted octanol–water partition coefficient (Wildman–Crippen LogP) is 3.82. The van der Waals surface area contributed by atoms with Crippen LogP contribution in [0.25, 0.3) is 0 Å². The van der Waals surface area contributed by atoms with E-state index in [4.69, 9.17) is 11.6 Å². The van der Waals surface area contributed by atoms with E-state index in [-0.39, 0.29) is 10.8 Å². The number of amides is 1. The lowest BCUT2D eigenvalue weighted by atomic mass is 9.95. The number of halogens is 1. The van der Waals surface area contributed by atoms with Crippen LogP contribution < -0.4 is 5.32 Å². The van der Waals surface area contributed by atoms with Crippen molar-refractivity contribution in [1.29, 1.82) is 0 Å². The molecular formula is C21H22ClN3O3S. The summed E-state index contributed by atoms with van der Waals surface area (Å²) < 4.78 is 29.0. The fourth-order valence-corrected chi connectivity index (χ4v) is 4.90. The molecule has 8 heteroatoms. The molecule has 2 fully saturated rings. The quantitative estimate of drug-likeness (QED) is 0.780. The molecule has 2 aromatic carbocycles. The first-order chi connectivity index (χ1) is 13.8. The molecule has 1 saturated carbocycles. The summed E-state index contributed by atoms with van der Waals surface area (Å²) >= 11 is 6.07. The van der Waals surface area contributed by atoms with Gasteiger partial charge in [-0.05, 0) is 61.2 Å². The normalized spacial score (nSPS) is 19.4. The molecule has 6 nitrogen and oxygen atoms in total. The van der Waals surface area contributed by atoms with Crippen molar-refractivity contribution in [3.05, 3.63) is 59.1 Å². The number of hydrogen-bond donors (Lipinski definition) is 1. The van der Waals surface area contributed by atoms with Gasteiger partial charge in [0.05, 0.1) is 10.3 Å². The van der Waals surface area contributed by atoms with E-state index in [1.54, 1.807) is 18.2 Å². The average Bonchev–Trinajstić information content (AvgIpc) is 3.41. The Bertz CT molecular complexity index is 1080. The number of amidine groups is 1. The SMILES string of the molecule is CN1CCCC1=NS(=O)(=O)c1ccc(NC(=O)C2(c3cccc(Cl)c3)CC2)cc1. The lowest BCUT2D eigenvalue weighted by Gasteiger charge is -2.16. The molecular weight excluding hydrogens is 410 g/mol. The number of sulfonamides is 1. The Balaban J connectivity index is 1.49. The first-order valence-electron chi connectivity index (χ1n) is 9.53. The molecule has 152 valence electrons. The number of hydrogen-bond acceptors (Lipinski definition) is 3. The second-order valence-corrected chi connectivity index (χ2v) is 9.62. The number of nitrogens with one attached hydrogen (secondary N) is 1. The van der Waals surface area contributed by atoms with Crippen LogP contribution >= 0.6 is 11.6 Å². The van der Waals surface area contributed by atoms with E-state index in [2.05, 4.69) is 9.71 Å². The molecule has 1 saturated heterocycles. The molecule has 2 aliphatic rings. The molecule has 1 aliphatic heterocycles. The van der Waals surface area contributed by atoms with Gasteiger partial charge < -0.3 is 10.2 Å². The van der Waals surface area contributed by atoms with E-state index in [9.17, 15) is 13.2 Å². The Morgan fingerprint density at radius 3 is 2.48 bits per heavy atom. The van der Waals surface area contributed by atoms with Gasteiger partial charge in [-0.1, -0.05) is 23.7 Å². The predicted molar refractivity (Wildman–Crippen MR) is 114 cm³/mol. The van der Waals surface area contributed by atoms with Crippen molar-refractivity contribution in [2.75, 3.05) is 18.9 Å². The van der Waals surface area contributed by atoms with Crippen LogP contribution in [-0.2, 0) is 20.2 Å². The molecule has 0 unspecified atom stereocenters. The van der Waals surface area contributed by atoms with Crippen molar-refractivity contribution >= 4 is 39.1 Å². The summed E-state index contributed by atoms with van der Waals surface area (Å²) in [7, 11) is -1.93. The lowest BCUT2D eigenvalue weighted by molar-refractivity contribution is -0.118. The Morgan fingerprint density at radius 1 is 1.17 bits per heavy atom. The third-order valence-electron chi connectivity index (χ3n) is 5.53. The van der Waals surface area contributed by atoms with Gasteiger partial charge >= 0.3 is 0 Å². The van der Waals surface area contributed by atoms with Crippen molar-refractivity contribution in [1.82, 2.24) is 4.90 Å². The summed E-state index contributed by atoms with van der Waals surface area (Å²) in [4.78, 5) is 14.8. The minimum atomic E-state index is -3.77. The summed E-state index contributed by atoms with van der Waals surface area (Å²) in [5.74, 6) is 0.475. The zero-order valence-electron chi connectivity index (χ0n) is 16.1. The highest BCUT2D eigenvalue weighted by Gasteiger charge is 2.51. The molecule has 0 atom stereocenters. The minimum absolute atomic E-state index is 0.108. The number of carbonyl (C=O) groups excluding carboxylic acids is 1. The van der Waals surface area contributed by atoms with Crippen LogP contribution in [0.15, 0.2) is 57.8 Å². The van der Waals surface area contributed by atoms with Crippen molar-refractivity contribution < 1.29 is 13.2 Å². The fourth-order valence-electron chi connectivity index (χ4n) is 3.62. The number of benzene rings is 2. The van der Waals surface area contributed by atoms with E-state index in [1.807, 2.05) is 30.1 Å². The second kappa shape index (κ2) is 7.46. The molecule has 1 aliphatic carbocycles. The van der Waals surface area contributed by atoms with E-state index in [0.29, 0.717) is 23.0 Å². The largest absolute Gasteiger partial charge is 0.362 e. The van der Waals surface area contributed by atoms with Crippen molar-refractivity contribution in [3.8, 4) is 0 Å². The van der Waals surface area contributed by atoms with Crippen LogP contribution in [0.2, 0.25) is 5.02 Å². The highest BCUT2D eigenvalue weighted by atomic mass is 35.5. The summed E-state index contributed by atoms with van der Waals surface area (Å²) in [6.07, 6.45) is 3.09. The smallest absolute Gasteiger partial charge is 0.283 e. The van der Waals surface area contributed by atoms with Gasteiger partial charge in [-0.25, -0.2) is 0 Å². The summed E-state index contributed by atoms with van der Waals surface area (Å²) in [6.45, 7) is 0.813. The van der Waals surface area contributed by atoms with Crippen LogP contribution in [0.3, 0.4) is 0 Å². The topological polar surface area (TPSA) is 78.8 Å². The van der Waals surface area contributed by atoms with Gasteiger partial charge in [-0.3, -0.25) is 4.79 Å². The number of nitrogens with zero attached hydrogens (tertiary/aromatic N) is 2. The van der Waals surface area contributed by atoms with Crippen LogP contribution in [0, 0.1) is 0 Å². The first kappa shape index (κ1) is 19.9. The van der Waals surface area contributed by atoms with Crippen molar-refractivity contribution in [3.63, 3.8) is 0 Å². The third kappa shape index (κ3) is 4.02. The van der Waals surface area contributed by atoms with Gasteiger partial charge in [-0.2, -0.15) is 8.42 Å². The van der Waals surface area contributed by atoms with Crippen molar-refractivity contribution in [2.45, 2.75) is 36.0 Å². The average molecular weight is 432 g/mol. The molecule has 2 aromatic rings. The zero-order chi connectivity index (χ0) is 20.6. The van der Waals surface area contributed by atoms with Gasteiger partial charge in [0.25, 0.3) is 10.0 Å². The van der Waals surface area contributed by atoms with Gasteiger partial charge in [0.15, 0.2) is 0 Å². The van der Waals surface area contributed by atoms with Crippen LogP contribution in [0.5, 0.6) is 0 Å². The standard InChI is InChI=1S/C21H22ClN3O3S/c1-25-13-3-6-19(25)24-29(27,28)18-9-7-17(8-10-18)23-20(26)21(11-12-21)15-4-2-5-16(22)14-15/h2,4-5,7-10,14H,3,6,11-13H2,1H3,(H,23,26). The number of likely N-dealkylation sites (tertiary alicyclic amines) is 1. The second-order valence-electron chi connectivity index (χ2n) is 7.58. The van der Waals surface area contributed by atoms with Crippen LogP contribution in [0.4, 0.5) is 5.69 Å². The molecule has 29 heavy (non-hydrogen) atoms. The van der Waals surface area contributed by atoms with Crippen molar-refractivity contribution in [2.24, 2.45) is 4.40 Å². The molecule has 4 rings (SSSR count). The van der Waals surface area contributed by atoms with Gasteiger partial charge in [0.2, 0.25) is 5.91 Å². The zero-order valence-corrected chi connectivity index (χ0v) is 17.6. The monoisotopic (exact) mass is 431 g/mol. The summed E-state index contributed by atoms with van der Waals surface area (Å²) in [6, 6.07) is 13.5. The lowest BCUT2D eigenvalue weighted by Crippen LogP contribution is -2.27. The van der Waals surface area contributed by atoms with E-state index in [0.717, 1.165) is 31.4 Å². The van der Waals surface area contributed by atoms with E-state index >= 15 is 0 Å². The van der Waals surface area contributed by atoms with Gasteiger partial charge in [-0.15, -0.1) is 4.40 Å². The van der Waals surface area contributed by atoms with E-state index < -0.39 is 15.4 Å². The van der Waals surface area contributed by atoms with Crippen LogP contribution in [-0.4, -0.2) is 38.7 Å². The highest BCUT2D eigenvalue weighted by Crippen LogP contribution is 2.49. The maximum Gasteiger partial charge on any atom is 0.283 e. The molecule has 1 heterocycles. The van der Waals surface area contributed by atoms with Crippen LogP contribution in [0.1, 0.15) is 31.2 Å². The maximum atomic E-state index is 12.9. The Labute approximate surface area is 175 Å². The number of carbonyl (C=O) groups is 1. The fraction of sp³-hybridized carbons (Fsp3) is 0.333. The van der Waals surface area contributed by atoms with Gasteiger partial charge in [0, 0.05) is 30.7 Å². The molecule has 1 N–H and O–H groups in total. The Kier molecular flexibility index (Phi) is 5.12. The first-order valence-corrected chi connectivity index (χ1v) is 11.3. The third-order valence-corrected chi connectivity index (χ3v) is 7.09. The minimum Gasteiger partial charge on any atom is -0.362 e. The molecule has 0 bridgehead atoms. The summed E-state index contributed by atoms with van der Waals surface area (Å²) in [5.41, 5.74) is 0.889. The molecule has 0 spiro atoms. The number of rotatable bonds is 5. The molecule has 0 radical (unpaired) electrons. The molecule has 1 amide bonds. The van der Waals surface area contributed by atoms with Gasteiger partial charge in [0.1, 0.15) is 5.84 Å².